The van der Waals surface area contributed by atoms with Crippen LogP contribution < -0.4 is 0 Å². The normalized spacial score (nSPS) is 12.4. The molecule has 0 spiro atoms. The molecule has 116 valence electrons. The van der Waals surface area contributed by atoms with Gasteiger partial charge in [-0.15, -0.1) is 0 Å². The molecule has 0 bridgehead atoms. The van der Waals surface area contributed by atoms with Crippen molar-refractivity contribution in [1.82, 2.24) is 4.90 Å². The van der Waals surface area contributed by atoms with Gasteiger partial charge in [0.25, 0.3) is 0 Å². The summed E-state index contributed by atoms with van der Waals surface area (Å²) in [5.74, 6) is -2.74. The molecular weight excluding hydrogens is 283 g/mol. The first-order valence-corrected chi connectivity index (χ1v) is 7.11. The summed E-state index contributed by atoms with van der Waals surface area (Å²) in [4.78, 5) is 25.8. The summed E-state index contributed by atoms with van der Waals surface area (Å²) in [5, 5.41) is 9.13. The van der Waals surface area contributed by atoms with Crippen molar-refractivity contribution in [3.63, 3.8) is 0 Å². The lowest BCUT2D eigenvalue weighted by Gasteiger charge is -2.20. The first-order chi connectivity index (χ1) is 10.4. The number of rotatable bonds is 6. The number of carbonyl (C=O) groups excluding carboxylic acids is 2. The van der Waals surface area contributed by atoms with Crippen molar-refractivity contribution in [2.24, 2.45) is 5.92 Å². The van der Waals surface area contributed by atoms with E-state index >= 15 is 0 Å². The Bertz CT molecular complexity index is 611. The SMILES string of the molecule is CCN(CC)C(=O)C(C#N)C(=O)C=C(C)c1ccc(F)cc1. The zero-order valence-electron chi connectivity index (χ0n) is 13.0. The number of ketones is 1. The second kappa shape index (κ2) is 8.08. The molecular formula is C17H19FN2O2. The zero-order valence-corrected chi connectivity index (χ0v) is 13.0. The van der Waals surface area contributed by atoms with Crippen LogP contribution in [0.4, 0.5) is 4.39 Å². The maximum Gasteiger partial charge on any atom is 0.247 e. The van der Waals surface area contributed by atoms with Crippen molar-refractivity contribution in [3.8, 4) is 6.07 Å². The molecule has 0 N–H and O–H groups in total. The molecule has 4 nitrogen and oxygen atoms in total. The Balaban J connectivity index is 2.97. The topological polar surface area (TPSA) is 61.2 Å². The highest BCUT2D eigenvalue weighted by atomic mass is 19.1. The summed E-state index contributed by atoms with van der Waals surface area (Å²) < 4.78 is 12.9. The van der Waals surface area contributed by atoms with E-state index in [0.29, 0.717) is 24.2 Å². The average molecular weight is 302 g/mol. The van der Waals surface area contributed by atoms with Crippen LogP contribution in [0.15, 0.2) is 30.3 Å². The van der Waals surface area contributed by atoms with Crippen molar-refractivity contribution in [3.05, 3.63) is 41.7 Å². The van der Waals surface area contributed by atoms with E-state index in [2.05, 4.69) is 0 Å². The Labute approximate surface area is 129 Å². The summed E-state index contributed by atoms with van der Waals surface area (Å²) >= 11 is 0. The summed E-state index contributed by atoms with van der Waals surface area (Å²) in [6.07, 6.45) is 1.27. The minimum Gasteiger partial charge on any atom is -0.342 e. The second-order valence-electron chi connectivity index (χ2n) is 4.81. The number of nitrogens with zero attached hydrogens (tertiary/aromatic N) is 2. The molecule has 22 heavy (non-hydrogen) atoms. The van der Waals surface area contributed by atoms with Crippen LogP contribution in [-0.4, -0.2) is 29.7 Å². The van der Waals surface area contributed by atoms with E-state index in [9.17, 15) is 14.0 Å². The van der Waals surface area contributed by atoms with Gasteiger partial charge in [0.1, 0.15) is 5.82 Å². The van der Waals surface area contributed by atoms with Gasteiger partial charge in [0.15, 0.2) is 11.7 Å². The first-order valence-electron chi connectivity index (χ1n) is 7.11. The van der Waals surface area contributed by atoms with Gasteiger partial charge in [0.05, 0.1) is 6.07 Å². The molecule has 0 saturated carbocycles. The molecule has 5 heteroatoms. The van der Waals surface area contributed by atoms with E-state index in [4.69, 9.17) is 5.26 Å². The van der Waals surface area contributed by atoms with Crippen LogP contribution in [0.3, 0.4) is 0 Å². The average Bonchev–Trinajstić information content (AvgIpc) is 2.49. The van der Waals surface area contributed by atoms with Gasteiger partial charge in [0.2, 0.25) is 5.91 Å². The lowest BCUT2D eigenvalue weighted by atomic mass is 9.99. The monoisotopic (exact) mass is 302 g/mol. The molecule has 0 aromatic heterocycles. The van der Waals surface area contributed by atoms with Gasteiger partial charge in [-0.25, -0.2) is 4.39 Å². The third-order valence-electron chi connectivity index (χ3n) is 3.39. The zero-order chi connectivity index (χ0) is 16.7. The van der Waals surface area contributed by atoms with Crippen molar-refractivity contribution in [2.75, 3.05) is 13.1 Å². The highest BCUT2D eigenvalue weighted by Crippen LogP contribution is 2.16. The fourth-order valence-corrected chi connectivity index (χ4v) is 2.05. The second-order valence-corrected chi connectivity index (χ2v) is 4.81. The maximum atomic E-state index is 12.9. The predicted octanol–water partition coefficient (Wildman–Crippen LogP) is 2.81. The Morgan fingerprint density at radius 1 is 1.27 bits per heavy atom. The molecule has 1 atom stereocenters. The molecule has 0 radical (unpaired) electrons. The molecule has 1 aromatic rings. The molecule has 0 heterocycles. The Kier molecular flexibility index (Phi) is 6.46. The fraction of sp³-hybridized carbons (Fsp3) is 0.353. The summed E-state index contributed by atoms with van der Waals surface area (Å²) in [6.45, 7) is 6.16. The predicted molar refractivity (Wildman–Crippen MR) is 82.1 cm³/mol. The van der Waals surface area contributed by atoms with Gasteiger partial charge in [-0.05, 0) is 50.1 Å². The fourth-order valence-electron chi connectivity index (χ4n) is 2.05. The summed E-state index contributed by atoms with van der Waals surface area (Å²) in [7, 11) is 0. The molecule has 0 fully saturated rings. The molecule has 1 aromatic carbocycles. The van der Waals surface area contributed by atoms with Gasteiger partial charge in [-0.1, -0.05) is 12.1 Å². The number of halogens is 1. The minimum absolute atomic E-state index is 0.366. The van der Waals surface area contributed by atoms with E-state index in [-0.39, 0.29) is 5.82 Å². The van der Waals surface area contributed by atoms with Crippen LogP contribution >= 0.6 is 0 Å². The molecule has 1 unspecified atom stereocenters. The Hall–Kier alpha value is -2.48. The minimum atomic E-state index is -1.34. The van der Waals surface area contributed by atoms with E-state index in [1.807, 2.05) is 0 Å². The van der Waals surface area contributed by atoms with Crippen LogP contribution in [0.2, 0.25) is 0 Å². The van der Waals surface area contributed by atoms with Gasteiger partial charge in [-0.3, -0.25) is 9.59 Å². The molecule has 0 saturated heterocycles. The van der Waals surface area contributed by atoms with Crippen molar-refractivity contribution in [2.45, 2.75) is 20.8 Å². The van der Waals surface area contributed by atoms with E-state index in [1.54, 1.807) is 39.0 Å². The number of hydrogen-bond donors (Lipinski definition) is 0. The van der Waals surface area contributed by atoms with E-state index < -0.39 is 17.6 Å². The molecule has 1 rings (SSSR count). The largest absolute Gasteiger partial charge is 0.342 e. The van der Waals surface area contributed by atoms with Gasteiger partial charge in [-0.2, -0.15) is 5.26 Å². The smallest absolute Gasteiger partial charge is 0.247 e. The van der Waals surface area contributed by atoms with E-state index in [0.717, 1.165) is 0 Å². The lowest BCUT2D eigenvalue weighted by Crippen LogP contribution is -2.38. The highest BCUT2D eigenvalue weighted by molar-refractivity contribution is 6.11. The van der Waals surface area contributed by atoms with Crippen molar-refractivity contribution < 1.29 is 14.0 Å². The number of hydrogen-bond acceptors (Lipinski definition) is 3. The van der Waals surface area contributed by atoms with Gasteiger partial charge >= 0.3 is 0 Å². The highest BCUT2D eigenvalue weighted by Gasteiger charge is 2.28. The maximum absolute atomic E-state index is 12.9. The van der Waals surface area contributed by atoms with Crippen LogP contribution in [0.1, 0.15) is 26.3 Å². The molecule has 0 aliphatic carbocycles. The number of nitriles is 1. The van der Waals surface area contributed by atoms with E-state index in [1.165, 1.54) is 23.1 Å². The van der Waals surface area contributed by atoms with Crippen LogP contribution in [0, 0.1) is 23.1 Å². The third-order valence-corrected chi connectivity index (χ3v) is 3.39. The van der Waals surface area contributed by atoms with Crippen molar-refractivity contribution in [1.29, 1.82) is 5.26 Å². The first kappa shape index (κ1) is 17.6. The summed E-state index contributed by atoms with van der Waals surface area (Å²) in [6, 6.07) is 7.44. The molecule has 0 aliphatic rings. The van der Waals surface area contributed by atoms with Crippen LogP contribution in [0.5, 0.6) is 0 Å². The van der Waals surface area contributed by atoms with Crippen LogP contribution in [-0.2, 0) is 9.59 Å². The number of amides is 1. The Morgan fingerprint density at radius 3 is 2.27 bits per heavy atom. The number of allylic oxidation sites excluding steroid dienone is 2. The quantitative estimate of drug-likeness (QED) is 0.599. The van der Waals surface area contributed by atoms with Gasteiger partial charge < -0.3 is 4.90 Å². The van der Waals surface area contributed by atoms with Gasteiger partial charge in [0, 0.05) is 13.1 Å². The van der Waals surface area contributed by atoms with Crippen LogP contribution in [0.25, 0.3) is 5.57 Å². The van der Waals surface area contributed by atoms with Crippen molar-refractivity contribution >= 4 is 17.3 Å². The number of benzene rings is 1. The molecule has 0 aliphatic heterocycles. The summed E-state index contributed by atoms with van der Waals surface area (Å²) in [5.41, 5.74) is 1.25. The Morgan fingerprint density at radius 2 is 1.82 bits per heavy atom. The standard InChI is InChI=1S/C17H19FN2O2/c1-4-20(5-2)17(22)15(11-19)16(21)10-12(3)13-6-8-14(18)9-7-13/h6-10,15H,4-5H2,1-3H3. The molecule has 1 amide bonds. The third kappa shape index (κ3) is 4.26. The lowest BCUT2D eigenvalue weighted by molar-refractivity contribution is -0.137. The number of carbonyl (C=O) groups is 2.